The molecule has 3 aliphatic heterocycles. The molecule has 32 heteroatoms. The fraction of sp³-hybridized carbons (Fsp3) is 0.889. The fourth-order valence-electron chi connectivity index (χ4n) is 9.37. The van der Waals surface area contributed by atoms with Gasteiger partial charge in [0.25, 0.3) is 5.60 Å². The summed E-state index contributed by atoms with van der Waals surface area (Å²) in [6, 6.07) is 0. The summed E-state index contributed by atoms with van der Waals surface area (Å²) < 4.78 is 232. The first kappa shape index (κ1) is 88.1. The molecule has 5 aliphatic rings. The summed E-state index contributed by atoms with van der Waals surface area (Å²) in [4.78, 5) is 81.7. The smallest absolute Gasteiger partial charge is 0.426 e. The number of carbonyl (C=O) groups excluding carboxylic acids is 7. The zero-order valence-corrected chi connectivity index (χ0v) is 57.5. The highest BCUT2D eigenvalue weighted by molar-refractivity contribution is 5.84. The second kappa shape index (κ2) is 32.0. The quantitative estimate of drug-likeness (QED) is 0.0782. The predicted molar refractivity (Wildman–Crippen MR) is 308 cm³/mol. The van der Waals surface area contributed by atoms with E-state index in [1.165, 1.54) is 13.8 Å². The van der Waals surface area contributed by atoms with Gasteiger partial charge in [-0.2, -0.15) is 65.9 Å². The van der Waals surface area contributed by atoms with E-state index in [0.717, 1.165) is 26.7 Å². The summed E-state index contributed by atoms with van der Waals surface area (Å²) in [6.45, 7) is 31.7. The molecule has 2 saturated carbocycles. The van der Waals surface area contributed by atoms with Crippen molar-refractivity contribution < 1.29 is 148 Å². The summed E-state index contributed by atoms with van der Waals surface area (Å²) in [6.07, 6.45) is -33.7. The largest absolute Gasteiger partial charge is 0.463 e. The molecule has 12 unspecified atom stereocenters. The van der Waals surface area contributed by atoms with Crippen molar-refractivity contribution in [3.05, 3.63) is 0 Å². The summed E-state index contributed by atoms with van der Waals surface area (Å²) >= 11 is 0. The maximum atomic E-state index is 13.3. The van der Waals surface area contributed by atoms with E-state index >= 15 is 0 Å². The van der Waals surface area contributed by atoms with Gasteiger partial charge in [-0.3, -0.25) is 24.0 Å². The molecule has 95 heavy (non-hydrogen) atoms. The Morgan fingerprint density at radius 1 is 0.505 bits per heavy atom. The number of halogens is 15. The second-order valence-electron chi connectivity index (χ2n) is 28.9. The fourth-order valence-corrected chi connectivity index (χ4v) is 9.37. The van der Waals surface area contributed by atoms with Gasteiger partial charge < -0.3 is 48.1 Å². The highest BCUT2D eigenvalue weighted by Crippen LogP contribution is 2.56. The van der Waals surface area contributed by atoms with Crippen LogP contribution in [0.1, 0.15) is 209 Å². The molecule has 3 saturated heterocycles. The van der Waals surface area contributed by atoms with Gasteiger partial charge in [-0.15, -0.1) is 0 Å². The van der Waals surface area contributed by atoms with Crippen LogP contribution in [0.2, 0.25) is 0 Å². The van der Waals surface area contributed by atoms with Crippen LogP contribution >= 0.6 is 0 Å². The second-order valence-corrected chi connectivity index (χ2v) is 28.9. The monoisotopic (exact) mass is 1410 g/mol. The van der Waals surface area contributed by atoms with E-state index in [0.29, 0.717) is 38.7 Å². The van der Waals surface area contributed by atoms with Gasteiger partial charge in [-0.05, 0) is 160 Å². The zero-order valence-electron chi connectivity index (χ0n) is 57.5. The normalized spacial score (nSPS) is 25.4. The average molecular weight is 1410 g/mol. The van der Waals surface area contributed by atoms with Gasteiger partial charge in [-0.1, -0.05) is 48.5 Å². The standard InChI is InChI=1S/C18H25F9O4.C17H26O5.C10H16O4.2C9H15F3O2/c1-5-13(2,3)12(28)31-11-7-9(14(4,29)16(19,20)21)6-10(8-11)15(30,17(22,23)24)18(25,26)27;1-6-17(4,5)15(19)22-13-12-11(21-14(13)18)9-7-16(2,3)8-10(9)20-12;1-4-10(2,3)9(12)14-7-5-6-13-8(7)11;2*1-5-8(3,4)7(13)14-6(2)9(10,11)12/h9-11,29-30H,5-8H2,1-4H3;9-13H,6-8H2,1-5H3;7H,4-6H2,1-3H3;2*6H,5H2,1-4H3. The van der Waals surface area contributed by atoms with Crippen molar-refractivity contribution in [1.29, 1.82) is 0 Å². The van der Waals surface area contributed by atoms with Crippen molar-refractivity contribution in [3.8, 4) is 0 Å². The Morgan fingerprint density at radius 3 is 1.22 bits per heavy atom. The molecular weight excluding hydrogens is 1310 g/mol. The van der Waals surface area contributed by atoms with Gasteiger partial charge in [0.2, 0.25) is 12.2 Å². The number of alkyl halides is 15. The van der Waals surface area contributed by atoms with Gasteiger partial charge in [0.1, 0.15) is 18.3 Å². The van der Waals surface area contributed by atoms with Crippen molar-refractivity contribution in [2.24, 2.45) is 50.2 Å². The Morgan fingerprint density at radius 2 is 0.874 bits per heavy atom. The molecule has 12 atom stereocenters. The topological polar surface area (TPSA) is 234 Å². The Kier molecular flexibility index (Phi) is 29.7. The molecule has 0 aromatic heterocycles. The van der Waals surface area contributed by atoms with Crippen LogP contribution in [-0.2, 0) is 71.5 Å². The molecule has 5 rings (SSSR count). The number of esters is 7. The predicted octanol–water partition coefficient (Wildman–Crippen LogP) is 14.5. The van der Waals surface area contributed by atoms with Crippen molar-refractivity contribution >= 4 is 41.8 Å². The molecule has 0 aromatic rings. The molecule has 17 nitrogen and oxygen atoms in total. The highest BCUT2D eigenvalue weighted by atomic mass is 19.4. The van der Waals surface area contributed by atoms with Crippen LogP contribution in [-0.4, -0.2) is 150 Å². The third kappa shape index (κ3) is 23.1. The van der Waals surface area contributed by atoms with E-state index in [9.17, 15) is 110 Å². The minimum Gasteiger partial charge on any atom is -0.463 e. The molecule has 0 spiro atoms. The molecule has 3 heterocycles. The lowest BCUT2D eigenvalue weighted by Crippen LogP contribution is -2.64. The minimum atomic E-state index is -6.28. The Labute approximate surface area is 544 Å². The number of hydrogen-bond acceptors (Lipinski definition) is 17. The lowest BCUT2D eigenvalue weighted by atomic mass is 9.66. The Hall–Kier alpha value is -4.88. The first-order valence-electron chi connectivity index (χ1n) is 31.2. The van der Waals surface area contributed by atoms with Gasteiger partial charge in [0.05, 0.1) is 39.8 Å². The summed E-state index contributed by atoms with van der Waals surface area (Å²) in [5.74, 6) is -9.06. The Bertz CT molecular complexity index is 2530. The summed E-state index contributed by atoms with van der Waals surface area (Å²) in [5.41, 5.74) is -12.9. The third-order valence-corrected chi connectivity index (χ3v) is 18.7. The zero-order chi connectivity index (χ0) is 75.0. The van der Waals surface area contributed by atoms with Crippen molar-refractivity contribution in [2.75, 3.05) is 6.61 Å². The summed E-state index contributed by atoms with van der Waals surface area (Å²) in [7, 11) is 0. The van der Waals surface area contributed by atoms with Gasteiger partial charge in [0.15, 0.2) is 17.8 Å². The van der Waals surface area contributed by atoms with Gasteiger partial charge in [-0.25, -0.2) is 9.59 Å². The van der Waals surface area contributed by atoms with Crippen LogP contribution < -0.4 is 0 Å². The van der Waals surface area contributed by atoms with Gasteiger partial charge >= 0.3 is 72.7 Å². The highest BCUT2D eigenvalue weighted by Gasteiger charge is 2.75. The lowest BCUT2D eigenvalue weighted by Gasteiger charge is -2.47. The van der Waals surface area contributed by atoms with Crippen molar-refractivity contribution in [2.45, 2.75) is 300 Å². The number of cyclic esters (lactones) is 1. The van der Waals surface area contributed by atoms with E-state index < -0.39 is 167 Å². The number of fused-ring (bicyclic) bond motifs is 3. The molecular formula is C63H97F15O17. The maximum absolute atomic E-state index is 13.3. The molecule has 2 aliphatic carbocycles. The number of ether oxygens (including phenoxy) is 8. The van der Waals surface area contributed by atoms with Gasteiger partial charge in [0, 0.05) is 24.2 Å². The number of rotatable bonds is 17. The van der Waals surface area contributed by atoms with Crippen LogP contribution in [0.25, 0.3) is 0 Å². The number of hydrogen-bond donors (Lipinski definition) is 2. The molecule has 0 bridgehead atoms. The van der Waals surface area contributed by atoms with Crippen LogP contribution in [0.3, 0.4) is 0 Å². The van der Waals surface area contributed by atoms with Crippen molar-refractivity contribution in [3.63, 3.8) is 0 Å². The maximum Gasteiger partial charge on any atom is 0.426 e. The van der Waals surface area contributed by atoms with Crippen LogP contribution in [0.5, 0.6) is 0 Å². The first-order valence-corrected chi connectivity index (χ1v) is 31.2. The molecule has 0 radical (unpaired) electrons. The average Bonchev–Trinajstić information content (AvgIpc) is 1.73. The minimum absolute atomic E-state index is 0.110. The summed E-state index contributed by atoms with van der Waals surface area (Å²) in [5, 5.41) is 19.6. The Balaban J connectivity index is 0.000000621. The van der Waals surface area contributed by atoms with E-state index in [1.807, 2.05) is 27.7 Å². The van der Waals surface area contributed by atoms with E-state index in [-0.39, 0.29) is 48.8 Å². The SMILES string of the molecule is CCC(C)(C)C(=O)OC(C)C(F)(F)F.CCC(C)(C)C(=O)OC(C)C(F)(F)F.CCC(C)(C)C(=O)OC1C(=O)OC2C3CC(C)(C)CC3OC12.CCC(C)(C)C(=O)OC1CC(C(C)(O)C(F)(F)F)CC(C(O)(C(F)(F)F)C(F)(F)F)C1.CCC(C)(C)C(=O)OC1CCOC1=O. The van der Waals surface area contributed by atoms with Crippen LogP contribution in [0.4, 0.5) is 65.9 Å². The third-order valence-electron chi connectivity index (χ3n) is 18.7. The first-order chi connectivity index (χ1) is 42.4. The van der Waals surface area contributed by atoms with E-state index in [4.69, 9.17) is 28.4 Å². The van der Waals surface area contributed by atoms with E-state index in [2.05, 4.69) is 23.3 Å². The molecule has 5 fully saturated rings. The van der Waals surface area contributed by atoms with Crippen LogP contribution in [0, 0.1) is 50.2 Å². The number of carbonyl (C=O) groups is 7. The van der Waals surface area contributed by atoms with Crippen molar-refractivity contribution in [1.82, 2.24) is 0 Å². The molecule has 556 valence electrons. The lowest BCUT2D eigenvalue weighted by molar-refractivity contribution is -0.391. The van der Waals surface area contributed by atoms with Crippen LogP contribution in [0.15, 0.2) is 0 Å². The van der Waals surface area contributed by atoms with E-state index in [1.54, 1.807) is 62.3 Å². The molecule has 0 amide bonds. The number of aliphatic hydroxyl groups is 2. The molecule has 2 N–H and O–H groups in total. The molecule has 0 aromatic carbocycles.